The van der Waals surface area contributed by atoms with Crippen molar-refractivity contribution in [2.45, 2.75) is 46.1 Å². The molecule has 3 aromatic rings. The summed E-state index contributed by atoms with van der Waals surface area (Å²) in [4.78, 5) is 13.5. The maximum absolute atomic E-state index is 4.65. The Morgan fingerprint density at radius 3 is 2.79 bits per heavy atom. The van der Waals surface area contributed by atoms with E-state index in [9.17, 15) is 0 Å². The molecular weight excluding hydrogens is 300 g/mol. The molecule has 0 aliphatic heterocycles. The fourth-order valence-corrected chi connectivity index (χ4v) is 3.03. The number of aryl methyl sites for hydroxylation is 3. The van der Waals surface area contributed by atoms with Crippen LogP contribution in [0.3, 0.4) is 0 Å². The van der Waals surface area contributed by atoms with E-state index in [0.717, 1.165) is 47.6 Å². The van der Waals surface area contributed by atoms with Crippen LogP contribution in [0.5, 0.6) is 0 Å². The topological polar surface area (TPSA) is 68.5 Å². The van der Waals surface area contributed by atoms with Crippen LogP contribution in [0.2, 0.25) is 0 Å². The number of nitrogens with zero attached hydrogens (tertiary/aromatic N) is 5. The Labute approximate surface area is 142 Å². The van der Waals surface area contributed by atoms with Gasteiger partial charge in [-0.15, -0.1) is 0 Å². The van der Waals surface area contributed by atoms with Crippen molar-refractivity contribution < 1.29 is 0 Å². The molecule has 3 heterocycles. The lowest BCUT2D eigenvalue weighted by atomic mass is 10.0. The molecule has 0 spiro atoms. The number of fused-ring (bicyclic) bond motifs is 1. The summed E-state index contributed by atoms with van der Waals surface area (Å²) in [5.41, 5.74) is 2.98. The number of anilines is 1. The van der Waals surface area contributed by atoms with Gasteiger partial charge in [0.1, 0.15) is 11.6 Å². The van der Waals surface area contributed by atoms with Crippen LogP contribution in [-0.4, -0.2) is 24.7 Å². The highest BCUT2D eigenvalue weighted by atomic mass is 15.3. The van der Waals surface area contributed by atoms with Gasteiger partial charge in [0.25, 0.3) is 0 Å². The van der Waals surface area contributed by atoms with E-state index in [-0.39, 0.29) is 6.04 Å². The van der Waals surface area contributed by atoms with Crippen LogP contribution in [0, 0.1) is 13.8 Å². The van der Waals surface area contributed by atoms with Crippen molar-refractivity contribution in [3.8, 4) is 0 Å². The van der Waals surface area contributed by atoms with Crippen molar-refractivity contribution in [2.24, 2.45) is 7.05 Å². The maximum Gasteiger partial charge on any atom is 0.163 e. The van der Waals surface area contributed by atoms with E-state index in [2.05, 4.69) is 38.4 Å². The Hall–Kier alpha value is -2.50. The van der Waals surface area contributed by atoms with Gasteiger partial charge in [0.2, 0.25) is 0 Å². The zero-order valence-corrected chi connectivity index (χ0v) is 14.7. The average molecular weight is 324 g/mol. The highest BCUT2D eigenvalue weighted by molar-refractivity contribution is 5.89. The van der Waals surface area contributed by atoms with Crippen molar-refractivity contribution in [1.82, 2.24) is 24.7 Å². The first-order valence-corrected chi connectivity index (χ1v) is 8.44. The van der Waals surface area contributed by atoms with Gasteiger partial charge in [-0.3, -0.25) is 9.67 Å². The second-order valence-electron chi connectivity index (χ2n) is 6.15. The second kappa shape index (κ2) is 6.95. The first-order chi connectivity index (χ1) is 11.6. The van der Waals surface area contributed by atoms with Gasteiger partial charge < -0.3 is 5.32 Å². The molecule has 0 aliphatic rings. The van der Waals surface area contributed by atoms with Crippen LogP contribution in [-0.2, 0) is 7.05 Å². The fraction of sp³-hybridized carbons (Fsp3) is 0.444. The zero-order valence-electron chi connectivity index (χ0n) is 14.7. The summed E-state index contributed by atoms with van der Waals surface area (Å²) in [7, 11) is 1.92. The van der Waals surface area contributed by atoms with E-state index in [1.165, 1.54) is 5.56 Å². The van der Waals surface area contributed by atoms with Gasteiger partial charge in [0.15, 0.2) is 5.65 Å². The number of unbranched alkanes of at least 4 members (excludes halogenated alkanes) is 1. The largest absolute Gasteiger partial charge is 0.362 e. The molecular formula is C18H24N6. The van der Waals surface area contributed by atoms with E-state index in [1.54, 1.807) is 6.20 Å². The molecule has 0 saturated carbocycles. The molecule has 1 N–H and O–H groups in total. The standard InChI is InChI=1S/C18H24N6/c1-5-6-9-15(14-8-7-10-19-11-14)22-17-16-12(2)23-24(4)18(16)21-13(3)20-17/h7-8,10-11,15H,5-6,9H2,1-4H3,(H,20,21,22). The third-order valence-corrected chi connectivity index (χ3v) is 4.21. The average Bonchev–Trinajstić information content (AvgIpc) is 2.86. The van der Waals surface area contributed by atoms with Crippen LogP contribution in [0.1, 0.15) is 49.3 Å². The molecule has 0 bridgehead atoms. The summed E-state index contributed by atoms with van der Waals surface area (Å²) in [6.45, 7) is 6.12. The van der Waals surface area contributed by atoms with E-state index < -0.39 is 0 Å². The molecule has 0 saturated heterocycles. The Balaban J connectivity index is 2.02. The molecule has 6 nitrogen and oxygen atoms in total. The summed E-state index contributed by atoms with van der Waals surface area (Å²) >= 11 is 0. The molecule has 0 amide bonds. The third kappa shape index (κ3) is 3.22. The van der Waals surface area contributed by atoms with E-state index in [1.807, 2.05) is 37.8 Å². The van der Waals surface area contributed by atoms with Gasteiger partial charge in [-0.1, -0.05) is 25.8 Å². The zero-order chi connectivity index (χ0) is 17.1. The van der Waals surface area contributed by atoms with E-state index >= 15 is 0 Å². The smallest absolute Gasteiger partial charge is 0.163 e. The first-order valence-electron chi connectivity index (χ1n) is 8.44. The first kappa shape index (κ1) is 16.4. The molecule has 0 aromatic carbocycles. The summed E-state index contributed by atoms with van der Waals surface area (Å²) < 4.78 is 1.82. The predicted octanol–water partition coefficient (Wildman–Crippen LogP) is 3.72. The molecule has 1 atom stereocenters. The molecule has 3 rings (SSSR count). The highest BCUT2D eigenvalue weighted by Crippen LogP contribution is 2.29. The van der Waals surface area contributed by atoms with Gasteiger partial charge in [-0.05, 0) is 31.9 Å². The fourth-order valence-electron chi connectivity index (χ4n) is 3.03. The summed E-state index contributed by atoms with van der Waals surface area (Å²) in [6.07, 6.45) is 7.06. The molecule has 24 heavy (non-hydrogen) atoms. The van der Waals surface area contributed by atoms with Crippen molar-refractivity contribution in [1.29, 1.82) is 0 Å². The van der Waals surface area contributed by atoms with Crippen LogP contribution in [0.25, 0.3) is 11.0 Å². The SMILES string of the molecule is CCCCC(Nc1nc(C)nc2c1c(C)nn2C)c1cccnc1. The summed E-state index contributed by atoms with van der Waals surface area (Å²) in [5.74, 6) is 1.60. The Kier molecular flexibility index (Phi) is 4.74. The number of rotatable bonds is 6. The van der Waals surface area contributed by atoms with Crippen LogP contribution < -0.4 is 5.32 Å². The van der Waals surface area contributed by atoms with Crippen molar-refractivity contribution in [2.75, 3.05) is 5.32 Å². The molecule has 1 unspecified atom stereocenters. The quantitative estimate of drug-likeness (QED) is 0.748. The van der Waals surface area contributed by atoms with Gasteiger partial charge in [-0.25, -0.2) is 9.97 Å². The minimum Gasteiger partial charge on any atom is -0.362 e. The predicted molar refractivity (Wildman–Crippen MR) is 95.9 cm³/mol. The minimum absolute atomic E-state index is 0.177. The van der Waals surface area contributed by atoms with Gasteiger partial charge in [0.05, 0.1) is 17.1 Å². The number of nitrogens with one attached hydrogen (secondary N) is 1. The van der Waals surface area contributed by atoms with Gasteiger partial charge in [-0.2, -0.15) is 5.10 Å². The maximum atomic E-state index is 4.65. The monoisotopic (exact) mass is 324 g/mol. The summed E-state index contributed by atoms with van der Waals surface area (Å²) in [5, 5.41) is 9.11. The summed E-state index contributed by atoms with van der Waals surface area (Å²) in [6, 6.07) is 4.27. The number of hydrogen-bond donors (Lipinski definition) is 1. The van der Waals surface area contributed by atoms with E-state index in [4.69, 9.17) is 0 Å². The van der Waals surface area contributed by atoms with Gasteiger partial charge >= 0.3 is 0 Å². The van der Waals surface area contributed by atoms with Crippen LogP contribution in [0.4, 0.5) is 5.82 Å². The number of hydrogen-bond acceptors (Lipinski definition) is 5. The normalized spacial score (nSPS) is 12.5. The third-order valence-electron chi connectivity index (χ3n) is 4.21. The molecule has 3 aromatic heterocycles. The lowest BCUT2D eigenvalue weighted by molar-refractivity contribution is 0.631. The lowest BCUT2D eigenvalue weighted by Gasteiger charge is -2.20. The van der Waals surface area contributed by atoms with Crippen LogP contribution >= 0.6 is 0 Å². The Morgan fingerprint density at radius 2 is 2.08 bits per heavy atom. The molecule has 6 heteroatoms. The van der Waals surface area contributed by atoms with Crippen molar-refractivity contribution in [3.05, 3.63) is 41.6 Å². The molecule has 0 radical (unpaired) electrons. The van der Waals surface area contributed by atoms with Crippen molar-refractivity contribution in [3.63, 3.8) is 0 Å². The minimum atomic E-state index is 0.177. The molecule has 126 valence electrons. The Morgan fingerprint density at radius 1 is 1.25 bits per heavy atom. The highest BCUT2D eigenvalue weighted by Gasteiger charge is 2.18. The second-order valence-corrected chi connectivity index (χ2v) is 6.15. The van der Waals surface area contributed by atoms with Crippen LogP contribution in [0.15, 0.2) is 24.5 Å². The van der Waals surface area contributed by atoms with Crippen molar-refractivity contribution >= 4 is 16.9 Å². The number of aromatic nitrogens is 5. The van der Waals surface area contributed by atoms with E-state index in [0.29, 0.717) is 0 Å². The number of pyridine rings is 1. The Bertz CT molecular complexity index is 824. The van der Waals surface area contributed by atoms with Gasteiger partial charge in [0, 0.05) is 19.4 Å². The lowest BCUT2D eigenvalue weighted by Crippen LogP contribution is -2.13. The molecule has 0 fully saturated rings. The molecule has 0 aliphatic carbocycles.